The van der Waals surface area contributed by atoms with Crippen molar-refractivity contribution >= 4 is 27.8 Å². The van der Waals surface area contributed by atoms with Gasteiger partial charge in [-0.05, 0) is 57.1 Å². The van der Waals surface area contributed by atoms with E-state index < -0.39 is 0 Å². The van der Waals surface area contributed by atoms with Crippen molar-refractivity contribution in [2.75, 3.05) is 13.1 Å². The molecule has 0 saturated carbocycles. The zero-order valence-electron chi connectivity index (χ0n) is 16.3. The van der Waals surface area contributed by atoms with E-state index in [9.17, 15) is 9.59 Å². The number of nitrogens with zero attached hydrogens (tertiary/aromatic N) is 1. The molecule has 5 rings (SSSR count). The number of hydrogen-bond acceptors (Lipinski definition) is 4. The van der Waals surface area contributed by atoms with Crippen molar-refractivity contribution < 1.29 is 13.6 Å². The number of rotatable bonds is 3. The SMILES string of the molecule is Cc1c(CCC(=O)N2CCCC2)c(=O)oc2cc3oc4c(c3cc12)CCCC4. The van der Waals surface area contributed by atoms with E-state index >= 15 is 0 Å². The maximum Gasteiger partial charge on any atom is 0.339 e. The van der Waals surface area contributed by atoms with Gasteiger partial charge in [0.25, 0.3) is 0 Å². The molecule has 1 aromatic carbocycles. The molecule has 146 valence electrons. The van der Waals surface area contributed by atoms with Crippen LogP contribution in [0, 0.1) is 6.92 Å². The molecule has 5 nitrogen and oxygen atoms in total. The lowest BCUT2D eigenvalue weighted by Crippen LogP contribution is -2.28. The minimum Gasteiger partial charge on any atom is -0.461 e. The number of benzene rings is 1. The number of hydrogen-bond donors (Lipinski definition) is 0. The van der Waals surface area contributed by atoms with Crippen molar-refractivity contribution in [3.8, 4) is 0 Å². The Kier molecular flexibility index (Phi) is 4.26. The van der Waals surface area contributed by atoms with Crippen LogP contribution < -0.4 is 5.63 Å². The molecule has 0 bridgehead atoms. The van der Waals surface area contributed by atoms with Gasteiger partial charge in [0.05, 0.1) is 0 Å². The summed E-state index contributed by atoms with van der Waals surface area (Å²) in [6.45, 7) is 3.65. The maximum atomic E-state index is 12.6. The number of carbonyl (C=O) groups excluding carboxylic acids is 1. The molecule has 1 aliphatic carbocycles. The zero-order chi connectivity index (χ0) is 19.3. The lowest BCUT2D eigenvalue weighted by atomic mass is 9.94. The van der Waals surface area contributed by atoms with Crippen molar-refractivity contribution in [1.29, 1.82) is 0 Å². The molecule has 1 amide bonds. The minimum atomic E-state index is -0.338. The Morgan fingerprint density at radius 3 is 2.57 bits per heavy atom. The van der Waals surface area contributed by atoms with Gasteiger partial charge in [0, 0.05) is 53.9 Å². The van der Waals surface area contributed by atoms with E-state index in [1.165, 1.54) is 12.0 Å². The number of carbonyl (C=O) groups is 1. The smallest absolute Gasteiger partial charge is 0.339 e. The van der Waals surface area contributed by atoms with E-state index in [1.807, 2.05) is 17.9 Å². The average Bonchev–Trinajstić information content (AvgIpc) is 3.34. The second kappa shape index (κ2) is 6.80. The fourth-order valence-corrected chi connectivity index (χ4v) is 4.79. The van der Waals surface area contributed by atoms with E-state index in [0.717, 1.165) is 72.9 Å². The molecule has 28 heavy (non-hydrogen) atoms. The molecule has 0 radical (unpaired) electrons. The molecule has 1 aliphatic heterocycles. The van der Waals surface area contributed by atoms with Crippen LogP contribution in [0.5, 0.6) is 0 Å². The van der Waals surface area contributed by atoms with Crippen LogP contribution in [-0.2, 0) is 24.1 Å². The summed E-state index contributed by atoms with van der Waals surface area (Å²) in [7, 11) is 0. The third kappa shape index (κ3) is 2.84. The molecule has 0 N–H and O–H groups in total. The molecule has 0 spiro atoms. The van der Waals surface area contributed by atoms with Crippen LogP contribution >= 0.6 is 0 Å². The van der Waals surface area contributed by atoms with Gasteiger partial charge in [-0.3, -0.25) is 4.79 Å². The summed E-state index contributed by atoms with van der Waals surface area (Å²) in [6, 6.07) is 3.97. The van der Waals surface area contributed by atoms with Gasteiger partial charge >= 0.3 is 5.63 Å². The average molecular weight is 379 g/mol. The summed E-state index contributed by atoms with van der Waals surface area (Å²) in [5, 5.41) is 2.09. The highest BCUT2D eigenvalue weighted by molar-refractivity contribution is 5.97. The number of fused-ring (bicyclic) bond motifs is 4. The van der Waals surface area contributed by atoms with Crippen molar-refractivity contribution in [1.82, 2.24) is 4.90 Å². The Morgan fingerprint density at radius 1 is 1.00 bits per heavy atom. The first-order valence-electron chi connectivity index (χ1n) is 10.4. The van der Waals surface area contributed by atoms with Gasteiger partial charge < -0.3 is 13.7 Å². The summed E-state index contributed by atoms with van der Waals surface area (Å²) in [6.07, 6.45) is 7.32. The van der Waals surface area contributed by atoms with Crippen LogP contribution in [-0.4, -0.2) is 23.9 Å². The molecule has 2 aliphatic rings. The molecule has 1 saturated heterocycles. The Bertz CT molecular complexity index is 1130. The largest absolute Gasteiger partial charge is 0.461 e. The molecule has 3 aromatic rings. The Hall–Kier alpha value is -2.56. The lowest BCUT2D eigenvalue weighted by Gasteiger charge is -2.15. The molecule has 2 aromatic heterocycles. The van der Waals surface area contributed by atoms with E-state index in [-0.39, 0.29) is 11.5 Å². The minimum absolute atomic E-state index is 0.135. The Morgan fingerprint density at radius 2 is 1.75 bits per heavy atom. The third-order valence-corrected chi connectivity index (χ3v) is 6.41. The predicted molar refractivity (Wildman–Crippen MR) is 108 cm³/mol. The van der Waals surface area contributed by atoms with Crippen LogP contribution in [0.3, 0.4) is 0 Å². The summed E-state index contributed by atoms with van der Waals surface area (Å²) < 4.78 is 11.7. The van der Waals surface area contributed by atoms with Crippen molar-refractivity contribution in [2.24, 2.45) is 0 Å². The standard InChI is InChI=1S/C23H25NO4/c1-14-15(8-9-22(25)24-10-4-5-11-24)23(26)28-20-13-21-18(12-17(14)20)16-6-2-3-7-19(16)27-21/h12-13H,2-11H2,1H3. The topological polar surface area (TPSA) is 63.7 Å². The molecule has 1 fully saturated rings. The van der Waals surface area contributed by atoms with Gasteiger partial charge in [0.2, 0.25) is 5.91 Å². The van der Waals surface area contributed by atoms with Crippen LogP contribution in [0.15, 0.2) is 25.8 Å². The molecule has 3 heterocycles. The van der Waals surface area contributed by atoms with Crippen LogP contribution in [0.1, 0.15) is 54.6 Å². The van der Waals surface area contributed by atoms with Crippen LogP contribution in [0.4, 0.5) is 0 Å². The number of furan rings is 1. The summed E-state index contributed by atoms with van der Waals surface area (Å²) in [5.74, 6) is 1.21. The second-order valence-electron chi connectivity index (χ2n) is 8.14. The molecule has 5 heteroatoms. The highest BCUT2D eigenvalue weighted by atomic mass is 16.4. The van der Waals surface area contributed by atoms with Crippen LogP contribution in [0.25, 0.3) is 21.9 Å². The molecular formula is C23H25NO4. The van der Waals surface area contributed by atoms with E-state index in [4.69, 9.17) is 8.83 Å². The zero-order valence-corrected chi connectivity index (χ0v) is 16.3. The van der Waals surface area contributed by atoms with E-state index in [1.54, 1.807) is 0 Å². The maximum absolute atomic E-state index is 12.6. The molecule has 0 unspecified atom stereocenters. The first-order chi connectivity index (χ1) is 13.6. The van der Waals surface area contributed by atoms with E-state index in [0.29, 0.717) is 24.0 Å². The number of amides is 1. The van der Waals surface area contributed by atoms with Gasteiger partial charge in [0.1, 0.15) is 16.9 Å². The van der Waals surface area contributed by atoms with E-state index in [2.05, 4.69) is 6.07 Å². The quantitative estimate of drug-likeness (QED) is 0.637. The second-order valence-corrected chi connectivity index (χ2v) is 8.14. The van der Waals surface area contributed by atoms with Gasteiger partial charge in [-0.2, -0.15) is 0 Å². The van der Waals surface area contributed by atoms with Crippen molar-refractivity contribution in [3.05, 3.63) is 45.0 Å². The highest BCUT2D eigenvalue weighted by Gasteiger charge is 2.22. The third-order valence-electron chi connectivity index (χ3n) is 6.41. The first kappa shape index (κ1) is 17.5. The summed E-state index contributed by atoms with van der Waals surface area (Å²) in [4.78, 5) is 26.9. The first-order valence-corrected chi connectivity index (χ1v) is 10.4. The van der Waals surface area contributed by atoms with Gasteiger partial charge in [0.15, 0.2) is 0 Å². The normalized spacial score (nSPS) is 16.8. The lowest BCUT2D eigenvalue weighted by molar-refractivity contribution is -0.130. The fraction of sp³-hybridized carbons (Fsp3) is 0.478. The number of likely N-dealkylation sites (tertiary alicyclic amines) is 1. The van der Waals surface area contributed by atoms with Crippen molar-refractivity contribution in [2.45, 2.75) is 58.3 Å². The summed E-state index contributed by atoms with van der Waals surface area (Å²) >= 11 is 0. The monoisotopic (exact) mass is 379 g/mol. The van der Waals surface area contributed by atoms with Gasteiger partial charge in [-0.1, -0.05) is 0 Å². The Labute approximate surface area is 163 Å². The molecular weight excluding hydrogens is 354 g/mol. The van der Waals surface area contributed by atoms with Gasteiger partial charge in [-0.15, -0.1) is 0 Å². The van der Waals surface area contributed by atoms with Gasteiger partial charge in [-0.25, -0.2) is 4.79 Å². The van der Waals surface area contributed by atoms with Crippen molar-refractivity contribution in [3.63, 3.8) is 0 Å². The highest BCUT2D eigenvalue weighted by Crippen LogP contribution is 2.35. The summed E-state index contributed by atoms with van der Waals surface area (Å²) in [5.41, 5.74) is 3.88. The Balaban J connectivity index is 1.53. The predicted octanol–water partition coefficient (Wildman–Crippen LogP) is 4.28. The number of aryl methyl sites for hydroxylation is 3. The van der Waals surface area contributed by atoms with Crippen LogP contribution in [0.2, 0.25) is 0 Å². The fourth-order valence-electron chi connectivity index (χ4n) is 4.79. The molecule has 0 atom stereocenters.